The van der Waals surface area contributed by atoms with E-state index in [1.54, 1.807) is 9.80 Å². The quantitative estimate of drug-likeness (QED) is 0.867. The van der Waals surface area contributed by atoms with E-state index in [2.05, 4.69) is 6.92 Å². The number of amides is 2. The molecule has 0 saturated carbocycles. The summed E-state index contributed by atoms with van der Waals surface area (Å²) in [5.41, 5.74) is 0. The number of piperidine rings is 1. The van der Waals surface area contributed by atoms with Crippen LogP contribution in [0.2, 0.25) is 0 Å². The molecular formula is C14H24N2O3S. The zero-order valence-corrected chi connectivity index (χ0v) is 13.1. The molecule has 2 heterocycles. The number of carboxylic acids is 1. The van der Waals surface area contributed by atoms with Gasteiger partial charge in [0, 0.05) is 25.4 Å². The zero-order chi connectivity index (χ0) is 14.7. The van der Waals surface area contributed by atoms with E-state index >= 15 is 0 Å². The summed E-state index contributed by atoms with van der Waals surface area (Å²) in [7, 11) is 1.81. The molecule has 20 heavy (non-hydrogen) atoms. The highest BCUT2D eigenvalue weighted by Gasteiger charge is 2.38. The van der Waals surface area contributed by atoms with Gasteiger partial charge in [0.2, 0.25) is 0 Å². The molecule has 2 rings (SSSR count). The largest absolute Gasteiger partial charge is 0.480 e. The van der Waals surface area contributed by atoms with Crippen LogP contribution in [-0.4, -0.2) is 64.1 Å². The van der Waals surface area contributed by atoms with Crippen LogP contribution in [0.25, 0.3) is 0 Å². The lowest BCUT2D eigenvalue weighted by Crippen LogP contribution is -2.55. The Balaban J connectivity index is 2.04. The Kier molecular flexibility index (Phi) is 5.18. The first-order valence-electron chi connectivity index (χ1n) is 7.38. The average molecular weight is 300 g/mol. The third-order valence-corrected chi connectivity index (χ3v) is 5.72. The Hall–Kier alpha value is -0.910. The molecule has 0 aromatic rings. The van der Waals surface area contributed by atoms with E-state index in [0.717, 1.165) is 30.8 Å². The number of aliphatic carboxylic acids is 1. The molecule has 114 valence electrons. The number of carbonyl (C=O) groups excluding carboxylic acids is 1. The van der Waals surface area contributed by atoms with Crippen LogP contribution in [0, 0.1) is 5.92 Å². The summed E-state index contributed by atoms with van der Waals surface area (Å²) in [5.74, 6) is 1.60. The van der Waals surface area contributed by atoms with Crippen molar-refractivity contribution in [1.82, 2.24) is 9.80 Å². The van der Waals surface area contributed by atoms with E-state index in [-0.39, 0.29) is 12.1 Å². The molecular weight excluding hydrogens is 276 g/mol. The van der Waals surface area contributed by atoms with Crippen molar-refractivity contribution in [2.24, 2.45) is 5.92 Å². The van der Waals surface area contributed by atoms with Crippen LogP contribution in [0.15, 0.2) is 0 Å². The number of thioether (sulfide) groups is 1. The lowest BCUT2D eigenvalue weighted by Gasteiger charge is -2.40. The van der Waals surface area contributed by atoms with E-state index in [0.29, 0.717) is 18.9 Å². The fourth-order valence-electron chi connectivity index (χ4n) is 3.06. The number of nitrogens with zero attached hydrogens (tertiary/aromatic N) is 2. The molecule has 0 aromatic heterocycles. The van der Waals surface area contributed by atoms with E-state index in [9.17, 15) is 14.7 Å². The van der Waals surface area contributed by atoms with Gasteiger partial charge >= 0.3 is 12.0 Å². The maximum atomic E-state index is 12.6. The Bertz CT molecular complexity index is 371. The summed E-state index contributed by atoms with van der Waals surface area (Å²) in [4.78, 5) is 27.4. The van der Waals surface area contributed by atoms with Crippen LogP contribution >= 0.6 is 11.8 Å². The molecule has 0 aromatic carbocycles. The fourth-order valence-corrected chi connectivity index (χ4v) is 4.33. The van der Waals surface area contributed by atoms with Gasteiger partial charge in [0.1, 0.15) is 6.04 Å². The molecule has 5 nitrogen and oxygen atoms in total. The highest BCUT2D eigenvalue weighted by molar-refractivity contribution is 7.99. The van der Waals surface area contributed by atoms with Crippen LogP contribution in [0.5, 0.6) is 0 Å². The first-order valence-corrected chi connectivity index (χ1v) is 8.54. The normalized spacial score (nSPS) is 30.3. The molecule has 2 fully saturated rings. The second-order valence-corrected chi connectivity index (χ2v) is 6.91. The van der Waals surface area contributed by atoms with Gasteiger partial charge in [-0.3, -0.25) is 0 Å². The predicted octanol–water partition coefficient (Wildman–Crippen LogP) is 2.12. The molecule has 1 N–H and O–H groups in total. The molecule has 3 unspecified atom stereocenters. The van der Waals surface area contributed by atoms with Crippen molar-refractivity contribution in [3.63, 3.8) is 0 Å². The highest BCUT2D eigenvalue weighted by atomic mass is 32.2. The molecule has 0 bridgehead atoms. The van der Waals surface area contributed by atoms with Gasteiger partial charge in [0.15, 0.2) is 0 Å². The Morgan fingerprint density at radius 2 is 2.15 bits per heavy atom. The van der Waals surface area contributed by atoms with Crippen LogP contribution in [-0.2, 0) is 4.79 Å². The molecule has 2 aliphatic rings. The molecule has 0 radical (unpaired) electrons. The molecule has 6 heteroatoms. The van der Waals surface area contributed by atoms with Gasteiger partial charge in [-0.15, -0.1) is 0 Å². The second kappa shape index (κ2) is 6.70. The first kappa shape index (κ1) is 15.5. The van der Waals surface area contributed by atoms with E-state index < -0.39 is 12.0 Å². The Labute approximate surface area is 124 Å². The van der Waals surface area contributed by atoms with Crippen molar-refractivity contribution in [2.75, 3.05) is 25.1 Å². The van der Waals surface area contributed by atoms with Crippen molar-refractivity contribution in [2.45, 2.75) is 44.7 Å². The standard InChI is InChI=1S/C14H24N2O3S/c1-3-10-4-6-16(12(8-10)13(17)18)14(19)15(2)11-5-7-20-9-11/h10-12H,3-9H2,1-2H3,(H,17,18). The van der Waals surface area contributed by atoms with Gasteiger partial charge in [0.05, 0.1) is 0 Å². The van der Waals surface area contributed by atoms with Crippen molar-refractivity contribution in [1.29, 1.82) is 0 Å². The van der Waals surface area contributed by atoms with Crippen LogP contribution in [0.3, 0.4) is 0 Å². The zero-order valence-electron chi connectivity index (χ0n) is 12.2. The minimum atomic E-state index is -0.870. The van der Waals surface area contributed by atoms with Crippen LogP contribution in [0.4, 0.5) is 4.79 Å². The van der Waals surface area contributed by atoms with Gasteiger partial charge in [-0.2, -0.15) is 11.8 Å². The maximum absolute atomic E-state index is 12.6. The van der Waals surface area contributed by atoms with Gasteiger partial charge in [-0.1, -0.05) is 13.3 Å². The van der Waals surface area contributed by atoms with Gasteiger partial charge in [-0.25, -0.2) is 9.59 Å². The molecule has 2 amide bonds. The summed E-state index contributed by atoms with van der Waals surface area (Å²) in [6, 6.07) is -0.511. The summed E-state index contributed by atoms with van der Waals surface area (Å²) < 4.78 is 0. The maximum Gasteiger partial charge on any atom is 0.326 e. The summed E-state index contributed by atoms with van der Waals surface area (Å²) in [6.45, 7) is 2.65. The minimum Gasteiger partial charge on any atom is -0.480 e. The van der Waals surface area contributed by atoms with E-state index in [4.69, 9.17) is 0 Å². The topological polar surface area (TPSA) is 60.9 Å². The third-order valence-electron chi connectivity index (χ3n) is 4.57. The smallest absolute Gasteiger partial charge is 0.326 e. The minimum absolute atomic E-state index is 0.112. The van der Waals surface area contributed by atoms with Crippen molar-refractivity contribution < 1.29 is 14.7 Å². The van der Waals surface area contributed by atoms with E-state index in [1.165, 1.54) is 0 Å². The number of hydrogen-bond donors (Lipinski definition) is 1. The molecule has 2 saturated heterocycles. The summed E-state index contributed by atoms with van der Waals surface area (Å²) >= 11 is 1.86. The van der Waals surface area contributed by atoms with Crippen molar-refractivity contribution in [3.8, 4) is 0 Å². The summed E-state index contributed by atoms with van der Waals surface area (Å²) in [5, 5.41) is 9.40. The SMILES string of the molecule is CCC1CCN(C(=O)N(C)C2CCSC2)C(C(=O)O)C1. The summed E-state index contributed by atoms with van der Waals surface area (Å²) in [6.07, 6.45) is 3.50. The lowest BCUT2D eigenvalue weighted by atomic mass is 9.89. The van der Waals surface area contributed by atoms with Gasteiger partial charge in [0.25, 0.3) is 0 Å². The van der Waals surface area contributed by atoms with Crippen LogP contribution < -0.4 is 0 Å². The number of hydrogen-bond acceptors (Lipinski definition) is 3. The molecule has 3 atom stereocenters. The van der Waals surface area contributed by atoms with E-state index in [1.807, 2.05) is 18.8 Å². The number of likely N-dealkylation sites (tertiary alicyclic amines) is 1. The molecule has 2 aliphatic heterocycles. The monoisotopic (exact) mass is 300 g/mol. The van der Waals surface area contributed by atoms with Gasteiger partial charge in [-0.05, 0) is 30.9 Å². The second-order valence-electron chi connectivity index (χ2n) is 5.76. The van der Waals surface area contributed by atoms with Crippen LogP contribution in [0.1, 0.15) is 32.6 Å². The number of rotatable bonds is 3. The Morgan fingerprint density at radius 1 is 1.40 bits per heavy atom. The third kappa shape index (κ3) is 3.22. The molecule has 0 spiro atoms. The number of carboxylic acid groups (broad SMARTS) is 1. The average Bonchev–Trinajstić information content (AvgIpc) is 2.99. The molecule has 0 aliphatic carbocycles. The number of urea groups is 1. The first-order chi connectivity index (χ1) is 9.54. The van der Waals surface area contributed by atoms with Crippen molar-refractivity contribution >= 4 is 23.8 Å². The number of carbonyl (C=O) groups is 2. The predicted molar refractivity (Wildman–Crippen MR) is 80.0 cm³/mol. The van der Waals surface area contributed by atoms with Crippen molar-refractivity contribution in [3.05, 3.63) is 0 Å². The Morgan fingerprint density at radius 3 is 2.70 bits per heavy atom. The highest BCUT2D eigenvalue weighted by Crippen LogP contribution is 2.28. The fraction of sp³-hybridized carbons (Fsp3) is 0.857. The van der Waals surface area contributed by atoms with Gasteiger partial charge < -0.3 is 14.9 Å². The lowest BCUT2D eigenvalue weighted by molar-refractivity contribution is -0.144.